The molecule has 0 spiro atoms. The first-order chi connectivity index (χ1) is 9.20. The number of benzene rings is 1. The molecule has 1 saturated heterocycles. The van der Waals surface area contributed by atoms with E-state index in [9.17, 15) is 4.79 Å². The summed E-state index contributed by atoms with van der Waals surface area (Å²) < 4.78 is 1.11. The van der Waals surface area contributed by atoms with E-state index in [-0.39, 0.29) is 0 Å². The largest absolute Gasteiger partial charge is 0.342 e. The molecule has 0 bridgehead atoms. The van der Waals surface area contributed by atoms with Crippen LogP contribution in [0, 0.1) is 0 Å². The van der Waals surface area contributed by atoms with Crippen molar-refractivity contribution in [3.8, 4) is 0 Å². The Morgan fingerprint density at radius 3 is 2.79 bits per heavy atom. The van der Waals surface area contributed by atoms with Crippen LogP contribution in [-0.2, 0) is 4.79 Å². The van der Waals surface area contributed by atoms with E-state index in [0.29, 0.717) is 18.2 Å². The van der Waals surface area contributed by atoms with Gasteiger partial charge in [-0.3, -0.25) is 4.79 Å². The average Bonchev–Trinajstić information content (AvgIpc) is 2.45. The van der Waals surface area contributed by atoms with Crippen LogP contribution in [-0.4, -0.2) is 23.9 Å². The Morgan fingerprint density at radius 2 is 2.11 bits per heavy atom. The molecule has 1 heterocycles. The number of halogens is 1. The molecule has 0 N–H and O–H groups in total. The number of carbonyl (C=O) groups excluding carboxylic acids is 1. The summed E-state index contributed by atoms with van der Waals surface area (Å²) >= 11 is 3.47. The van der Waals surface area contributed by atoms with E-state index in [1.165, 1.54) is 12.0 Å². The normalized spacial score (nSPS) is 19.5. The predicted octanol–water partition coefficient (Wildman–Crippen LogP) is 4.35. The molecule has 0 radical (unpaired) electrons. The molecule has 2 rings (SSSR count). The van der Waals surface area contributed by atoms with Crippen molar-refractivity contribution >= 4 is 21.8 Å². The highest BCUT2D eigenvalue weighted by atomic mass is 79.9. The van der Waals surface area contributed by atoms with Gasteiger partial charge in [-0.15, -0.1) is 0 Å². The fraction of sp³-hybridized carbons (Fsp3) is 0.562. The number of rotatable bonds is 4. The maximum Gasteiger partial charge on any atom is 0.222 e. The Hall–Kier alpha value is -0.830. The van der Waals surface area contributed by atoms with Gasteiger partial charge in [0.15, 0.2) is 0 Å². The van der Waals surface area contributed by atoms with E-state index in [1.54, 1.807) is 0 Å². The zero-order chi connectivity index (χ0) is 13.7. The second-order valence-corrected chi connectivity index (χ2v) is 6.25. The molecular weight excluding hydrogens is 302 g/mol. The van der Waals surface area contributed by atoms with Crippen LogP contribution < -0.4 is 0 Å². The molecule has 1 aliphatic heterocycles. The zero-order valence-electron chi connectivity index (χ0n) is 11.6. The summed E-state index contributed by atoms with van der Waals surface area (Å²) in [5.41, 5.74) is 1.36. The van der Waals surface area contributed by atoms with Gasteiger partial charge in [-0.25, -0.2) is 0 Å². The molecule has 0 aromatic heterocycles. The van der Waals surface area contributed by atoms with Crippen LogP contribution in [0.5, 0.6) is 0 Å². The van der Waals surface area contributed by atoms with E-state index in [2.05, 4.69) is 52.0 Å². The monoisotopic (exact) mass is 323 g/mol. The predicted molar refractivity (Wildman–Crippen MR) is 82.2 cm³/mol. The quantitative estimate of drug-likeness (QED) is 0.806. The Kier molecular flexibility index (Phi) is 5.44. The summed E-state index contributed by atoms with van der Waals surface area (Å²) in [7, 11) is 0. The van der Waals surface area contributed by atoms with Gasteiger partial charge in [0.1, 0.15) is 0 Å². The van der Waals surface area contributed by atoms with E-state index in [1.807, 2.05) is 0 Å². The summed E-state index contributed by atoms with van der Waals surface area (Å²) in [5.74, 6) is 0.844. The summed E-state index contributed by atoms with van der Waals surface area (Å²) in [4.78, 5) is 14.2. The number of likely N-dealkylation sites (tertiary alicyclic amines) is 1. The maximum atomic E-state index is 12.1. The molecule has 0 saturated carbocycles. The first-order valence-electron chi connectivity index (χ1n) is 7.24. The van der Waals surface area contributed by atoms with Crippen molar-refractivity contribution in [2.45, 2.75) is 44.9 Å². The molecule has 1 aliphatic rings. The highest BCUT2D eigenvalue weighted by molar-refractivity contribution is 9.10. The molecule has 1 amide bonds. The number of amides is 1. The molecule has 0 aliphatic carbocycles. The molecule has 19 heavy (non-hydrogen) atoms. The molecule has 3 heteroatoms. The highest BCUT2D eigenvalue weighted by Crippen LogP contribution is 2.28. The fourth-order valence-corrected chi connectivity index (χ4v) is 2.96. The lowest BCUT2D eigenvalue weighted by Gasteiger charge is -2.33. The van der Waals surface area contributed by atoms with Gasteiger partial charge >= 0.3 is 0 Å². The van der Waals surface area contributed by atoms with Crippen LogP contribution in [0.1, 0.15) is 50.5 Å². The minimum Gasteiger partial charge on any atom is -0.342 e. The van der Waals surface area contributed by atoms with Crippen molar-refractivity contribution < 1.29 is 4.79 Å². The molecule has 1 unspecified atom stereocenters. The summed E-state index contributed by atoms with van der Waals surface area (Å²) in [5, 5.41) is 0. The fourth-order valence-electron chi connectivity index (χ4n) is 2.70. The Morgan fingerprint density at radius 1 is 1.37 bits per heavy atom. The highest BCUT2D eigenvalue weighted by Gasteiger charge is 2.24. The van der Waals surface area contributed by atoms with Gasteiger partial charge in [-0.05, 0) is 37.0 Å². The standard InChI is InChI=1S/C16H22BrNO/c1-2-3-6-16(19)18-11-4-5-14(12-18)13-7-9-15(17)10-8-13/h7-10,14H,2-6,11-12H2,1H3. The van der Waals surface area contributed by atoms with E-state index in [0.717, 1.165) is 36.8 Å². The maximum absolute atomic E-state index is 12.1. The summed E-state index contributed by atoms with van der Waals surface area (Å²) in [6.45, 7) is 3.97. The first-order valence-corrected chi connectivity index (χ1v) is 8.03. The van der Waals surface area contributed by atoms with Crippen molar-refractivity contribution in [2.24, 2.45) is 0 Å². The number of unbranched alkanes of at least 4 members (excludes halogenated alkanes) is 1. The topological polar surface area (TPSA) is 20.3 Å². The van der Waals surface area contributed by atoms with Crippen molar-refractivity contribution in [1.29, 1.82) is 0 Å². The van der Waals surface area contributed by atoms with Crippen LogP contribution in [0.3, 0.4) is 0 Å². The average molecular weight is 324 g/mol. The van der Waals surface area contributed by atoms with E-state index in [4.69, 9.17) is 0 Å². The molecule has 2 nitrogen and oxygen atoms in total. The van der Waals surface area contributed by atoms with Gasteiger partial charge in [0.25, 0.3) is 0 Å². The number of hydrogen-bond acceptors (Lipinski definition) is 1. The summed E-state index contributed by atoms with van der Waals surface area (Å²) in [6.07, 6.45) is 5.13. The van der Waals surface area contributed by atoms with Crippen LogP contribution in [0.15, 0.2) is 28.7 Å². The molecular formula is C16H22BrNO. The third-order valence-electron chi connectivity index (χ3n) is 3.86. The van der Waals surface area contributed by atoms with Gasteiger partial charge in [-0.2, -0.15) is 0 Å². The van der Waals surface area contributed by atoms with Gasteiger partial charge in [0.05, 0.1) is 0 Å². The number of hydrogen-bond donors (Lipinski definition) is 0. The minimum atomic E-state index is 0.337. The van der Waals surface area contributed by atoms with Gasteiger partial charge in [0.2, 0.25) is 5.91 Å². The molecule has 1 aromatic rings. The van der Waals surface area contributed by atoms with Crippen molar-refractivity contribution in [2.75, 3.05) is 13.1 Å². The lowest BCUT2D eigenvalue weighted by Crippen LogP contribution is -2.38. The Balaban J connectivity index is 1.96. The van der Waals surface area contributed by atoms with E-state index < -0.39 is 0 Å². The van der Waals surface area contributed by atoms with Crippen LogP contribution in [0.2, 0.25) is 0 Å². The Bertz CT molecular complexity index is 415. The number of nitrogens with zero attached hydrogens (tertiary/aromatic N) is 1. The Labute approximate surface area is 124 Å². The smallest absolute Gasteiger partial charge is 0.222 e. The molecule has 104 valence electrons. The van der Waals surface area contributed by atoms with Gasteiger partial charge < -0.3 is 4.90 Å². The SMILES string of the molecule is CCCCC(=O)N1CCCC(c2ccc(Br)cc2)C1. The molecule has 1 atom stereocenters. The van der Waals surface area contributed by atoms with Crippen molar-refractivity contribution in [3.05, 3.63) is 34.3 Å². The van der Waals surface area contributed by atoms with Gasteiger partial charge in [0, 0.05) is 29.9 Å². The van der Waals surface area contributed by atoms with Crippen LogP contribution in [0.4, 0.5) is 0 Å². The number of carbonyl (C=O) groups is 1. The van der Waals surface area contributed by atoms with Gasteiger partial charge in [-0.1, -0.05) is 41.4 Å². The zero-order valence-corrected chi connectivity index (χ0v) is 13.2. The summed E-state index contributed by atoms with van der Waals surface area (Å²) in [6, 6.07) is 8.53. The lowest BCUT2D eigenvalue weighted by molar-refractivity contribution is -0.132. The third kappa shape index (κ3) is 4.07. The molecule has 1 fully saturated rings. The second-order valence-electron chi connectivity index (χ2n) is 5.33. The van der Waals surface area contributed by atoms with E-state index >= 15 is 0 Å². The minimum absolute atomic E-state index is 0.337. The first kappa shape index (κ1) is 14.6. The van der Waals surface area contributed by atoms with Crippen molar-refractivity contribution in [3.63, 3.8) is 0 Å². The van der Waals surface area contributed by atoms with Crippen LogP contribution >= 0.6 is 15.9 Å². The lowest BCUT2D eigenvalue weighted by atomic mass is 9.90. The van der Waals surface area contributed by atoms with Crippen molar-refractivity contribution in [1.82, 2.24) is 4.90 Å². The third-order valence-corrected chi connectivity index (χ3v) is 4.39. The second kappa shape index (κ2) is 7.09. The van der Waals surface area contributed by atoms with Crippen LogP contribution in [0.25, 0.3) is 0 Å². The molecule has 1 aromatic carbocycles. The number of piperidine rings is 1.